The number of allylic oxidation sites excluding steroid dienone is 1. The molecule has 31 heavy (non-hydrogen) atoms. The van der Waals surface area contributed by atoms with Crippen LogP contribution in [-0.2, 0) is 16.1 Å². The fourth-order valence-corrected chi connectivity index (χ4v) is 3.17. The van der Waals surface area contributed by atoms with Crippen LogP contribution in [0.25, 0.3) is 0 Å². The molecule has 3 rings (SSSR count). The molecule has 1 aliphatic rings. The smallest absolute Gasteiger partial charge is 0.234 e. The summed E-state index contributed by atoms with van der Waals surface area (Å²) in [5.41, 5.74) is 14.9. The van der Waals surface area contributed by atoms with Gasteiger partial charge in [-0.25, -0.2) is 5.84 Å². The summed E-state index contributed by atoms with van der Waals surface area (Å²) < 4.78 is 5.29. The molecule has 0 saturated carbocycles. The number of hydrazine groups is 1. The molecule has 2 aromatic rings. The second-order valence-electron chi connectivity index (χ2n) is 7.29. The standard InChI is InChI=1S/C22H29N7O2/c23-19-4-2-1-3-18(19)22(25)20(24)14-29(26)17-7-5-16(6-8-17)13-27-21(30)15-28-9-11-31-12-10-28/h1-8,14,25H,9-13,15,23-24,26H2,(H,27,30)/b20-14-,25-22?. The molecule has 0 spiro atoms. The number of ether oxygens (including phenoxy) is 1. The van der Waals surface area contributed by atoms with E-state index >= 15 is 0 Å². The maximum atomic E-state index is 12.1. The molecule has 1 amide bonds. The molecule has 1 fully saturated rings. The van der Waals surface area contributed by atoms with Crippen LogP contribution in [0.15, 0.2) is 60.4 Å². The van der Waals surface area contributed by atoms with Crippen LogP contribution < -0.4 is 27.6 Å². The Morgan fingerprint density at radius 3 is 2.52 bits per heavy atom. The maximum Gasteiger partial charge on any atom is 0.234 e. The fourth-order valence-electron chi connectivity index (χ4n) is 3.17. The quantitative estimate of drug-likeness (QED) is 0.182. The first kappa shape index (κ1) is 22.3. The van der Waals surface area contributed by atoms with Crippen molar-refractivity contribution < 1.29 is 9.53 Å². The van der Waals surface area contributed by atoms with Crippen LogP contribution in [0, 0.1) is 5.41 Å². The van der Waals surface area contributed by atoms with Crippen LogP contribution in [-0.4, -0.2) is 49.4 Å². The second-order valence-corrected chi connectivity index (χ2v) is 7.29. The lowest BCUT2D eigenvalue weighted by molar-refractivity contribution is -0.123. The summed E-state index contributed by atoms with van der Waals surface area (Å²) in [5.74, 6) is 6.08. The SMILES string of the molecule is N=C(/C(N)=C/N(N)c1ccc(CNC(=O)CN2CCOCC2)cc1)c1ccccc1N. The van der Waals surface area contributed by atoms with Gasteiger partial charge in [-0.1, -0.05) is 30.3 Å². The lowest BCUT2D eigenvalue weighted by Gasteiger charge is -2.25. The zero-order valence-electron chi connectivity index (χ0n) is 17.4. The molecule has 2 aromatic carbocycles. The number of morpholine rings is 1. The zero-order chi connectivity index (χ0) is 22.2. The van der Waals surface area contributed by atoms with Crippen LogP contribution >= 0.6 is 0 Å². The van der Waals surface area contributed by atoms with E-state index in [-0.39, 0.29) is 17.3 Å². The average Bonchev–Trinajstić information content (AvgIpc) is 2.78. The molecular formula is C22H29N7O2. The predicted molar refractivity (Wildman–Crippen MR) is 122 cm³/mol. The Kier molecular flexibility index (Phi) is 7.60. The Hall–Kier alpha value is -3.40. The van der Waals surface area contributed by atoms with Gasteiger partial charge >= 0.3 is 0 Å². The normalized spacial score (nSPS) is 14.8. The molecule has 0 atom stereocenters. The summed E-state index contributed by atoms with van der Waals surface area (Å²) in [6.45, 7) is 3.70. The maximum absolute atomic E-state index is 12.1. The molecule has 9 heteroatoms. The highest BCUT2D eigenvalue weighted by atomic mass is 16.5. The number of hydrogen-bond acceptors (Lipinski definition) is 8. The summed E-state index contributed by atoms with van der Waals surface area (Å²) in [5, 5.41) is 12.5. The van der Waals surface area contributed by atoms with Gasteiger partial charge in [0.1, 0.15) is 0 Å². The minimum atomic E-state index is -0.0131. The fraction of sp³-hybridized carbons (Fsp3) is 0.273. The molecule has 9 nitrogen and oxygen atoms in total. The van der Waals surface area contributed by atoms with Crippen LogP contribution in [0.5, 0.6) is 0 Å². The molecule has 0 bridgehead atoms. The number of nitrogens with one attached hydrogen (secondary N) is 2. The third-order valence-electron chi connectivity index (χ3n) is 4.99. The van der Waals surface area contributed by atoms with Crippen molar-refractivity contribution >= 4 is 23.0 Å². The number of carbonyl (C=O) groups excluding carboxylic acids is 1. The minimum Gasteiger partial charge on any atom is -0.398 e. The van der Waals surface area contributed by atoms with E-state index in [9.17, 15) is 4.79 Å². The minimum absolute atomic E-state index is 0.0131. The van der Waals surface area contributed by atoms with Gasteiger partial charge in [-0.15, -0.1) is 0 Å². The van der Waals surface area contributed by atoms with Gasteiger partial charge in [0.05, 0.1) is 36.9 Å². The molecule has 0 unspecified atom stereocenters. The van der Waals surface area contributed by atoms with E-state index in [1.165, 1.54) is 11.2 Å². The molecule has 0 aromatic heterocycles. The molecule has 1 saturated heterocycles. The number of carbonyl (C=O) groups is 1. The van der Waals surface area contributed by atoms with E-state index in [1.54, 1.807) is 24.3 Å². The van der Waals surface area contributed by atoms with E-state index in [0.717, 1.165) is 18.7 Å². The van der Waals surface area contributed by atoms with Gasteiger partial charge in [-0.3, -0.25) is 20.1 Å². The van der Waals surface area contributed by atoms with Gasteiger partial charge in [0, 0.05) is 37.1 Å². The van der Waals surface area contributed by atoms with Gasteiger partial charge in [0.15, 0.2) is 0 Å². The number of nitrogens with two attached hydrogens (primary N) is 3. The molecule has 1 heterocycles. The number of amides is 1. The largest absolute Gasteiger partial charge is 0.398 e. The van der Waals surface area contributed by atoms with Crippen molar-refractivity contribution in [2.24, 2.45) is 11.6 Å². The first-order valence-corrected chi connectivity index (χ1v) is 10.0. The van der Waals surface area contributed by atoms with E-state index in [2.05, 4.69) is 10.2 Å². The van der Waals surface area contributed by atoms with E-state index < -0.39 is 0 Å². The number of anilines is 2. The first-order valence-electron chi connectivity index (χ1n) is 10.0. The van der Waals surface area contributed by atoms with Crippen LogP contribution in [0.3, 0.4) is 0 Å². The van der Waals surface area contributed by atoms with Crippen molar-refractivity contribution in [2.75, 3.05) is 43.6 Å². The zero-order valence-corrected chi connectivity index (χ0v) is 17.4. The number of para-hydroxylation sites is 1. The predicted octanol–water partition coefficient (Wildman–Crippen LogP) is 0.765. The Balaban J connectivity index is 1.54. The molecule has 164 valence electrons. The summed E-state index contributed by atoms with van der Waals surface area (Å²) in [6.07, 6.45) is 1.48. The van der Waals surface area contributed by atoms with Crippen LogP contribution in [0.4, 0.5) is 11.4 Å². The topological polar surface area (TPSA) is 147 Å². The Morgan fingerprint density at radius 2 is 1.84 bits per heavy atom. The van der Waals surface area contributed by atoms with E-state index in [4.69, 9.17) is 27.5 Å². The van der Waals surface area contributed by atoms with Gasteiger partial charge < -0.3 is 21.5 Å². The van der Waals surface area contributed by atoms with Crippen LogP contribution in [0.2, 0.25) is 0 Å². The lowest BCUT2D eigenvalue weighted by Crippen LogP contribution is -2.43. The monoisotopic (exact) mass is 423 g/mol. The average molecular weight is 424 g/mol. The van der Waals surface area contributed by atoms with E-state index in [0.29, 0.717) is 43.2 Å². The lowest BCUT2D eigenvalue weighted by atomic mass is 10.1. The summed E-state index contributed by atoms with van der Waals surface area (Å²) >= 11 is 0. The third-order valence-corrected chi connectivity index (χ3v) is 4.99. The van der Waals surface area contributed by atoms with Crippen molar-refractivity contribution in [1.29, 1.82) is 5.41 Å². The van der Waals surface area contributed by atoms with Crippen molar-refractivity contribution in [3.63, 3.8) is 0 Å². The molecule has 0 aliphatic carbocycles. The summed E-state index contributed by atoms with van der Waals surface area (Å²) in [6, 6.07) is 14.5. The Bertz CT molecular complexity index is 937. The van der Waals surface area contributed by atoms with Gasteiger partial charge in [-0.05, 0) is 23.8 Å². The number of nitrogens with zero attached hydrogens (tertiary/aromatic N) is 2. The number of hydrogen-bond donors (Lipinski definition) is 5. The molecule has 0 radical (unpaired) electrons. The van der Waals surface area contributed by atoms with Crippen molar-refractivity contribution in [3.8, 4) is 0 Å². The van der Waals surface area contributed by atoms with Gasteiger partial charge in [0.2, 0.25) is 5.91 Å². The first-order chi connectivity index (χ1) is 14.9. The van der Waals surface area contributed by atoms with Crippen LogP contribution in [0.1, 0.15) is 11.1 Å². The van der Waals surface area contributed by atoms with Crippen molar-refractivity contribution in [1.82, 2.24) is 10.2 Å². The van der Waals surface area contributed by atoms with E-state index in [1.807, 2.05) is 24.3 Å². The Labute approximate surface area is 181 Å². The second kappa shape index (κ2) is 10.6. The highest BCUT2D eigenvalue weighted by Crippen LogP contribution is 2.16. The Morgan fingerprint density at radius 1 is 1.16 bits per heavy atom. The molecular weight excluding hydrogens is 394 g/mol. The molecule has 8 N–H and O–H groups in total. The van der Waals surface area contributed by atoms with Crippen molar-refractivity contribution in [2.45, 2.75) is 6.54 Å². The molecule has 1 aliphatic heterocycles. The number of nitrogen functional groups attached to an aromatic ring is 1. The van der Waals surface area contributed by atoms with Crippen molar-refractivity contribution in [3.05, 3.63) is 71.6 Å². The summed E-state index contributed by atoms with van der Waals surface area (Å²) in [4.78, 5) is 14.2. The van der Waals surface area contributed by atoms with Gasteiger partial charge in [-0.2, -0.15) is 0 Å². The third kappa shape index (κ3) is 6.29. The highest BCUT2D eigenvalue weighted by molar-refractivity contribution is 6.13. The summed E-state index contributed by atoms with van der Waals surface area (Å²) in [7, 11) is 0. The highest BCUT2D eigenvalue weighted by Gasteiger charge is 2.14. The van der Waals surface area contributed by atoms with Gasteiger partial charge in [0.25, 0.3) is 0 Å². The number of rotatable bonds is 8. The number of benzene rings is 2.